The van der Waals surface area contributed by atoms with Gasteiger partial charge in [0.25, 0.3) is 0 Å². The molecule has 1 aliphatic heterocycles. The predicted octanol–water partition coefficient (Wildman–Crippen LogP) is 4.82. The second-order valence-corrected chi connectivity index (χ2v) is 7.15. The summed E-state index contributed by atoms with van der Waals surface area (Å²) in [7, 11) is 0. The molecule has 0 saturated heterocycles. The number of nitrogens with zero attached hydrogens (tertiary/aromatic N) is 1. The Morgan fingerprint density at radius 3 is 2.93 bits per heavy atom. The first kappa shape index (κ1) is 19.4. The molecular weight excluding hydrogens is 366 g/mol. The number of pyridine rings is 1. The number of fused-ring (bicyclic) bond motifs is 2. The molecule has 0 fully saturated rings. The maximum Gasteiger partial charge on any atom is 0.173 e. The smallest absolute Gasteiger partial charge is 0.173 e. The van der Waals surface area contributed by atoms with Gasteiger partial charge in [-0.05, 0) is 50.1 Å². The summed E-state index contributed by atoms with van der Waals surface area (Å²) in [6.45, 7) is 4.12. The predicted molar refractivity (Wildman–Crippen MR) is 112 cm³/mol. The number of carbonyl (C=O) groups excluding carboxylic acids is 1. The highest BCUT2D eigenvalue weighted by Crippen LogP contribution is 2.32. The average molecular weight is 391 g/mol. The van der Waals surface area contributed by atoms with Crippen molar-refractivity contribution in [3.05, 3.63) is 65.9 Å². The van der Waals surface area contributed by atoms with Crippen LogP contribution in [0, 0.1) is 5.92 Å². The molecule has 1 unspecified atom stereocenters. The van der Waals surface area contributed by atoms with Crippen LogP contribution < -0.4 is 9.47 Å². The molecule has 1 aliphatic rings. The highest BCUT2D eigenvalue weighted by atomic mass is 16.5. The minimum Gasteiger partial charge on any atom is -0.492 e. The Morgan fingerprint density at radius 2 is 2.03 bits per heavy atom. The van der Waals surface area contributed by atoms with Crippen LogP contribution in [0.15, 0.2) is 54.6 Å². The van der Waals surface area contributed by atoms with E-state index in [1.807, 2.05) is 55.5 Å². The van der Waals surface area contributed by atoms with Gasteiger partial charge in [0, 0.05) is 18.6 Å². The van der Waals surface area contributed by atoms with Crippen molar-refractivity contribution in [1.82, 2.24) is 4.98 Å². The standard InChI is InChI=1S/C24H25NO4/c1-2-27-13-5-7-18-15-29-23-12-11-20(14-21(23)24(18)26)28-16-19-10-9-17-6-3-4-8-22(17)25-19/h3-4,6,8-12,14,18H,2,5,7,13,15-16H2,1H3. The molecule has 0 spiro atoms. The van der Waals surface area contributed by atoms with Gasteiger partial charge in [-0.3, -0.25) is 4.79 Å². The molecule has 0 aliphatic carbocycles. The first-order chi connectivity index (χ1) is 14.2. The second-order valence-electron chi connectivity index (χ2n) is 7.15. The van der Waals surface area contributed by atoms with Crippen molar-refractivity contribution in [1.29, 1.82) is 0 Å². The molecule has 150 valence electrons. The fourth-order valence-corrected chi connectivity index (χ4v) is 3.54. The Kier molecular flexibility index (Phi) is 6.06. The monoisotopic (exact) mass is 391 g/mol. The van der Waals surface area contributed by atoms with Crippen LogP contribution in [0.5, 0.6) is 11.5 Å². The lowest BCUT2D eigenvalue weighted by Crippen LogP contribution is -2.28. The van der Waals surface area contributed by atoms with Crippen molar-refractivity contribution in [2.45, 2.75) is 26.4 Å². The number of Topliss-reactive ketones (excluding diaryl/α,β-unsaturated/α-hetero) is 1. The fraction of sp³-hybridized carbons (Fsp3) is 0.333. The number of aromatic nitrogens is 1. The lowest BCUT2D eigenvalue weighted by atomic mass is 9.91. The molecule has 2 aromatic carbocycles. The van der Waals surface area contributed by atoms with E-state index < -0.39 is 0 Å². The van der Waals surface area contributed by atoms with E-state index >= 15 is 0 Å². The van der Waals surface area contributed by atoms with Crippen LogP contribution in [-0.2, 0) is 11.3 Å². The van der Waals surface area contributed by atoms with E-state index in [2.05, 4.69) is 4.98 Å². The summed E-state index contributed by atoms with van der Waals surface area (Å²) in [5.74, 6) is 1.27. The summed E-state index contributed by atoms with van der Waals surface area (Å²) in [4.78, 5) is 17.5. The topological polar surface area (TPSA) is 57.6 Å². The van der Waals surface area contributed by atoms with Gasteiger partial charge in [-0.2, -0.15) is 0 Å². The van der Waals surface area contributed by atoms with Gasteiger partial charge >= 0.3 is 0 Å². The number of para-hydroxylation sites is 1. The normalized spacial score (nSPS) is 15.8. The summed E-state index contributed by atoms with van der Waals surface area (Å²) >= 11 is 0. The first-order valence-electron chi connectivity index (χ1n) is 10.1. The molecular formula is C24H25NO4. The van der Waals surface area contributed by atoms with E-state index in [0.717, 1.165) is 29.4 Å². The third-order valence-electron chi connectivity index (χ3n) is 5.12. The van der Waals surface area contributed by atoms with Gasteiger partial charge in [-0.25, -0.2) is 4.98 Å². The van der Waals surface area contributed by atoms with Crippen molar-refractivity contribution in [2.75, 3.05) is 19.8 Å². The zero-order valence-electron chi connectivity index (χ0n) is 16.6. The molecule has 3 aromatic rings. The van der Waals surface area contributed by atoms with E-state index in [-0.39, 0.29) is 11.7 Å². The number of hydrogen-bond donors (Lipinski definition) is 0. The van der Waals surface area contributed by atoms with E-state index in [4.69, 9.17) is 14.2 Å². The summed E-state index contributed by atoms with van der Waals surface area (Å²) in [5.41, 5.74) is 2.39. The van der Waals surface area contributed by atoms with E-state index in [9.17, 15) is 4.79 Å². The molecule has 0 bridgehead atoms. The van der Waals surface area contributed by atoms with E-state index in [1.54, 1.807) is 6.07 Å². The van der Waals surface area contributed by atoms with Crippen LogP contribution in [0.1, 0.15) is 35.8 Å². The minimum absolute atomic E-state index is 0.122. The third-order valence-corrected chi connectivity index (χ3v) is 5.12. The van der Waals surface area contributed by atoms with Gasteiger partial charge in [0.1, 0.15) is 18.1 Å². The lowest BCUT2D eigenvalue weighted by molar-refractivity contribution is 0.0794. The third kappa shape index (κ3) is 4.57. The van der Waals surface area contributed by atoms with Gasteiger partial charge in [-0.15, -0.1) is 0 Å². The number of rotatable bonds is 8. The Bertz CT molecular complexity index is 1000. The van der Waals surface area contributed by atoms with Crippen LogP contribution in [0.2, 0.25) is 0 Å². The SMILES string of the molecule is CCOCCCC1COc2ccc(OCc3ccc4ccccc4n3)cc2C1=O. The molecule has 0 radical (unpaired) electrons. The summed E-state index contributed by atoms with van der Waals surface area (Å²) in [6, 6.07) is 17.4. The van der Waals surface area contributed by atoms with Crippen molar-refractivity contribution in [2.24, 2.45) is 5.92 Å². The van der Waals surface area contributed by atoms with Crippen molar-refractivity contribution < 1.29 is 19.0 Å². The highest BCUT2D eigenvalue weighted by Gasteiger charge is 2.28. The molecule has 0 N–H and O–H groups in total. The molecule has 1 atom stereocenters. The zero-order valence-corrected chi connectivity index (χ0v) is 16.6. The average Bonchev–Trinajstić information content (AvgIpc) is 2.76. The number of ether oxygens (including phenoxy) is 3. The Balaban J connectivity index is 1.42. The summed E-state index contributed by atoms with van der Waals surface area (Å²) < 4.78 is 17.1. The van der Waals surface area contributed by atoms with Crippen molar-refractivity contribution >= 4 is 16.7 Å². The van der Waals surface area contributed by atoms with Crippen molar-refractivity contribution in [3.63, 3.8) is 0 Å². The molecule has 4 rings (SSSR count). The number of hydrogen-bond acceptors (Lipinski definition) is 5. The minimum atomic E-state index is -0.125. The lowest BCUT2D eigenvalue weighted by Gasteiger charge is -2.24. The second kappa shape index (κ2) is 9.05. The van der Waals surface area contributed by atoms with Gasteiger partial charge in [-0.1, -0.05) is 24.3 Å². The molecule has 5 heteroatoms. The fourth-order valence-electron chi connectivity index (χ4n) is 3.54. The maximum atomic E-state index is 12.9. The highest BCUT2D eigenvalue weighted by molar-refractivity contribution is 6.01. The first-order valence-corrected chi connectivity index (χ1v) is 10.1. The van der Waals surface area contributed by atoms with E-state index in [0.29, 0.717) is 43.5 Å². The molecule has 5 nitrogen and oxygen atoms in total. The van der Waals surface area contributed by atoms with Crippen LogP contribution in [0.25, 0.3) is 10.9 Å². The molecule has 0 saturated carbocycles. The van der Waals surface area contributed by atoms with Crippen molar-refractivity contribution in [3.8, 4) is 11.5 Å². The molecule has 29 heavy (non-hydrogen) atoms. The largest absolute Gasteiger partial charge is 0.492 e. The van der Waals surface area contributed by atoms with Crippen LogP contribution in [0.4, 0.5) is 0 Å². The van der Waals surface area contributed by atoms with E-state index in [1.165, 1.54) is 0 Å². The zero-order chi connectivity index (χ0) is 20.1. The van der Waals surface area contributed by atoms with Gasteiger partial charge in [0.05, 0.1) is 29.3 Å². The van der Waals surface area contributed by atoms with Crippen LogP contribution in [0.3, 0.4) is 0 Å². The Morgan fingerprint density at radius 1 is 1.14 bits per heavy atom. The molecule has 1 aromatic heterocycles. The number of benzene rings is 2. The Labute approximate surface area is 170 Å². The summed E-state index contributed by atoms with van der Waals surface area (Å²) in [5, 5.41) is 1.10. The van der Waals surface area contributed by atoms with Gasteiger partial charge in [0.15, 0.2) is 5.78 Å². The molecule has 0 amide bonds. The summed E-state index contributed by atoms with van der Waals surface area (Å²) in [6.07, 6.45) is 1.62. The van der Waals surface area contributed by atoms with Crippen LogP contribution >= 0.6 is 0 Å². The number of ketones is 1. The quantitative estimate of drug-likeness (QED) is 0.515. The number of carbonyl (C=O) groups is 1. The van der Waals surface area contributed by atoms with Gasteiger partial charge in [0.2, 0.25) is 0 Å². The Hall–Kier alpha value is -2.92. The molecule has 2 heterocycles. The van der Waals surface area contributed by atoms with Crippen LogP contribution in [-0.4, -0.2) is 30.6 Å². The van der Waals surface area contributed by atoms with Gasteiger partial charge < -0.3 is 14.2 Å². The maximum absolute atomic E-state index is 12.9.